The van der Waals surface area contributed by atoms with Crippen LogP contribution in [-0.4, -0.2) is 57.9 Å². The number of piperidine rings is 1. The Bertz CT molecular complexity index is 1660. The molecule has 142 valence electrons. The lowest BCUT2D eigenvalue weighted by Gasteiger charge is -2.26. The first-order valence-corrected chi connectivity index (χ1v) is 6.99. The van der Waals surface area contributed by atoms with E-state index in [1.54, 1.807) is 0 Å². The molecule has 0 aromatic carbocycles. The molecule has 0 saturated carbocycles. The van der Waals surface area contributed by atoms with Crippen molar-refractivity contribution < 1.29 is 40.1 Å². The fourth-order valence-corrected chi connectivity index (χ4v) is 2.06. The molecule has 0 bridgehead atoms. The summed E-state index contributed by atoms with van der Waals surface area (Å²) in [5.74, 6) is -3.23. The molecule has 2 aromatic heterocycles. The number of fused-ring (bicyclic) bond motifs is 1. The summed E-state index contributed by atoms with van der Waals surface area (Å²) in [6.07, 6.45) is -14.3. The van der Waals surface area contributed by atoms with E-state index in [4.69, 9.17) is 31.7 Å². The zero-order valence-corrected chi connectivity index (χ0v) is 12.9. The Labute approximate surface area is 184 Å². The second kappa shape index (κ2) is 7.90. The summed E-state index contributed by atoms with van der Waals surface area (Å²) in [4.78, 5) is 30.2. The number of hydrogen-bond acceptors (Lipinski definition) is 5. The molecule has 8 heteroatoms. The standard InChI is InChI=1S/C18H27N5O3/c1-12(2)23-16-14(20-11-21-16)15(24)13(18(23)26)17(25)19-7-6-10-22-8-4-3-5-9-22/h11-12,24H,3-10H2,1-2H3,(H,19,25)(H,20,21)/i1D3,2D3,3D2,4D2,5D2,8D2,9D2,10D2,11D,12D/hD3. The van der Waals surface area contributed by atoms with E-state index in [0.717, 1.165) is 0 Å². The third kappa shape index (κ3) is 3.60. The van der Waals surface area contributed by atoms with Crippen molar-refractivity contribution in [3.63, 3.8) is 0 Å². The van der Waals surface area contributed by atoms with Crippen LogP contribution in [0.5, 0.6) is 5.75 Å². The number of pyridine rings is 1. The van der Waals surface area contributed by atoms with Gasteiger partial charge in [-0.2, -0.15) is 0 Å². The van der Waals surface area contributed by atoms with Crippen molar-refractivity contribution in [2.75, 3.05) is 26.0 Å². The van der Waals surface area contributed by atoms with Gasteiger partial charge in [-0.15, -0.1) is 0 Å². The van der Waals surface area contributed by atoms with Crippen LogP contribution in [-0.2, 0) is 0 Å². The number of aromatic hydroxyl groups is 1. The van der Waals surface area contributed by atoms with Crippen LogP contribution in [0.15, 0.2) is 11.1 Å². The second-order valence-electron chi connectivity index (χ2n) is 4.72. The lowest BCUT2D eigenvalue weighted by Crippen LogP contribution is -2.36. The highest BCUT2D eigenvalue weighted by atomic mass is 16.3. The first-order valence-electron chi connectivity index (χ1n) is 18.3. The maximum Gasteiger partial charge on any atom is 0.293 e. The Morgan fingerprint density at radius 2 is 2.50 bits per heavy atom. The molecule has 0 unspecified atom stereocenters. The van der Waals surface area contributed by atoms with Gasteiger partial charge in [0.1, 0.15) is 12.5 Å². The highest BCUT2D eigenvalue weighted by molar-refractivity contribution is 6.00. The number of carbonyl (C=O) groups is 1. The van der Waals surface area contributed by atoms with E-state index in [9.17, 15) is 9.59 Å². The molecule has 3 N–H and O–H groups in total. The molecule has 0 radical (unpaired) electrons. The number of aromatic amines is 1. The largest absolute Gasteiger partial charge is 0.505 e. The van der Waals surface area contributed by atoms with Gasteiger partial charge in [0, 0.05) is 37.2 Å². The van der Waals surface area contributed by atoms with Gasteiger partial charge in [-0.3, -0.25) is 14.2 Å². The Morgan fingerprint density at radius 3 is 3.23 bits per heavy atom. The minimum atomic E-state index is -4.00. The van der Waals surface area contributed by atoms with Crippen molar-refractivity contribution in [1.29, 1.82) is 1.43 Å². The first kappa shape index (κ1) is 5.13. The second-order valence-corrected chi connectivity index (χ2v) is 4.72. The minimum absolute atomic E-state index is 0.0284. The molecule has 1 aliphatic heterocycles. The van der Waals surface area contributed by atoms with E-state index in [-0.39, 0.29) is 14.9 Å². The van der Waals surface area contributed by atoms with Gasteiger partial charge in [-0.1, -0.05) is 6.37 Å². The monoisotopic (exact) mass is 384 g/mol. The van der Waals surface area contributed by atoms with E-state index < -0.39 is 116 Å². The molecule has 8 nitrogen and oxygen atoms in total. The fraction of sp³-hybridized carbons (Fsp3) is 0.611. The normalized spacial score (nSPS) is 40.1. The highest BCUT2D eigenvalue weighted by Crippen LogP contribution is 2.25. The average Bonchev–Trinajstić information content (AvgIpc) is 3.20. The molecule has 26 heavy (non-hydrogen) atoms. The molecular weight excluding hydrogens is 334 g/mol. The van der Waals surface area contributed by atoms with Crippen LogP contribution in [0.2, 0.25) is 2.82 Å². The molecular formula is C18H27N5O3. The zero-order valence-electron chi connectivity index (χ0n) is 35.9. The van der Waals surface area contributed by atoms with Crippen LogP contribution >= 0.6 is 0 Å². The number of amides is 1. The Balaban J connectivity index is 2.22. The van der Waals surface area contributed by atoms with E-state index in [0.29, 0.717) is 0 Å². The molecule has 1 aliphatic rings. The molecule has 2 aromatic rings. The number of imidazole rings is 1. The molecule has 0 aliphatic carbocycles. The quantitative estimate of drug-likeness (QED) is 0.673. The fourth-order valence-electron chi connectivity index (χ4n) is 2.06. The molecule has 1 amide bonds. The topological polar surface area (TPSA) is 103 Å². The lowest BCUT2D eigenvalue weighted by molar-refractivity contribution is 0.0946. The predicted octanol–water partition coefficient (Wildman–Crippen LogP) is 1.62. The van der Waals surface area contributed by atoms with E-state index in [2.05, 4.69) is 10.1 Å². The Hall–Kier alpha value is -2.35. The lowest BCUT2D eigenvalue weighted by atomic mass is 10.1. The van der Waals surface area contributed by atoms with Crippen LogP contribution < -0.4 is 10.9 Å². The third-order valence-corrected chi connectivity index (χ3v) is 3.14. The van der Waals surface area contributed by atoms with Gasteiger partial charge >= 0.3 is 0 Å². The summed E-state index contributed by atoms with van der Waals surface area (Å²) in [5, 5.41) is 3.99. The number of nitrogens with zero attached hydrogens (tertiary/aromatic N) is 3. The van der Waals surface area contributed by atoms with Crippen LogP contribution in [0.1, 0.15) is 83.0 Å². The van der Waals surface area contributed by atoms with Gasteiger partial charge in [0.2, 0.25) is 0 Å². The SMILES string of the molecule is [2H]Oc1c(C(=O)N([2H])CCC([2H])([2H])N2C([2H])([2H])C([2H])([2H])C([2H])([2H])C([2H])([2H])C2([2H])[2H])c(=O)n(C([2H])(C([2H])([2H])[2H])C([2H])([2H])[2H])c2nc([2H])n([2H])c12. The van der Waals surface area contributed by atoms with Crippen molar-refractivity contribution in [2.45, 2.75) is 45.3 Å². The Morgan fingerprint density at radius 1 is 1.69 bits per heavy atom. The number of carbonyl (C=O) groups excluding carboxylic acids is 1. The summed E-state index contributed by atoms with van der Waals surface area (Å²) < 4.78 is 183. The third-order valence-electron chi connectivity index (χ3n) is 3.14. The van der Waals surface area contributed by atoms with Crippen LogP contribution in [0.25, 0.3) is 11.2 Å². The smallest absolute Gasteiger partial charge is 0.293 e. The van der Waals surface area contributed by atoms with Crippen LogP contribution in [0.3, 0.4) is 0 Å². The number of aromatic nitrogens is 3. The van der Waals surface area contributed by atoms with Crippen LogP contribution in [0.4, 0.5) is 0 Å². The predicted molar refractivity (Wildman–Crippen MR) is 99.6 cm³/mol. The molecule has 3 rings (SSSR count). The summed E-state index contributed by atoms with van der Waals surface area (Å²) >= 11 is 0. The summed E-state index contributed by atoms with van der Waals surface area (Å²) in [5.41, 5.74) is -5.84. The van der Waals surface area contributed by atoms with Crippen molar-refractivity contribution in [3.05, 3.63) is 22.2 Å². The first-order chi connectivity index (χ1) is 21.6. The molecule has 0 spiro atoms. The molecule has 1 fully saturated rings. The highest BCUT2D eigenvalue weighted by Gasteiger charge is 2.24. The maximum absolute atomic E-state index is 13.8. The summed E-state index contributed by atoms with van der Waals surface area (Å²) in [6, 6.07) is -4.00. The van der Waals surface area contributed by atoms with Gasteiger partial charge < -0.3 is 20.3 Å². The van der Waals surface area contributed by atoms with Crippen molar-refractivity contribution >= 4 is 17.1 Å². The minimum Gasteiger partial charge on any atom is -0.505 e. The van der Waals surface area contributed by atoms with Gasteiger partial charge in [0.05, 0.1) is 7.67 Å². The number of nitrogens with one attached hydrogen (secondary N) is 2. The Kier molecular flexibility index (Phi) is 1.56. The van der Waals surface area contributed by atoms with Gasteiger partial charge in [0.25, 0.3) is 12.9 Å². The van der Waals surface area contributed by atoms with Crippen LogP contribution in [0, 0.1) is 0 Å². The molecule has 1 saturated heterocycles. The number of rotatable bonds is 7. The van der Waals surface area contributed by atoms with Crippen molar-refractivity contribution in [1.82, 2.24) is 24.7 Å². The average molecular weight is 385 g/mol. The van der Waals surface area contributed by atoms with E-state index >= 15 is 0 Å². The maximum atomic E-state index is 13.8. The molecule has 0 atom stereocenters. The summed E-state index contributed by atoms with van der Waals surface area (Å²) in [6.45, 7) is -20.6. The van der Waals surface area contributed by atoms with Crippen molar-refractivity contribution in [2.24, 2.45) is 0 Å². The molecule has 3 heterocycles. The van der Waals surface area contributed by atoms with E-state index in [1.165, 1.54) is 0 Å². The zero-order chi connectivity index (χ0) is 38.7. The van der Waals surface area contributed by atoms with E-state index in [1.807, 2.05) is 0 Å². The van der Waals surface area contributed by atoms with Crippen molar-refractivity contribution in [3.8, 4) is 5.75 Å². The number of H-pyrrole nitrogens is 1. The van der Waals surface area contributed by atoms with Gasteiger partial charge in [0.15, 0.2) is 14.2 Å². The van der Waals surface area contributed by atoms with Gasteiger partial charge in [-0.05, 0) is 52.4 Å². The number of likely N-dealkylation sites (tertiary alicyclic amines) is 1. The summed E-state index contributed by atoms with van der Waals surface area (Å²) in [7, 11) is 0. The van der Waals surface area contributed by atoms with Gasteiger partial charge in [-0.25, -0.2) is 4.98 Å². The number of hydrogen-bond donors (Lipinski definition) is 3.